The SMILES string of the molecule is COc1cc(CN(Cc2cccnc2C)C2CC2)ccc1O. The Morgan fingerprint density at radius 2 is 2.09 bits per heavy atom. The van der Waals surface area contributed by atoms with Crippen LogP contribution in [0.5, 0.6) is 11.5 Å². The van der Waals surface area contributed by atoms with Crippen molar-refractivity contribution in [2.45, 2.75) is 38.9 Å². The van der Waals surface area contributed by atoms with E-state index < -0.39 is 0 Å². The van der Waals surface area contributed by atoms with Crippen molar-refractivity contribution in [1.29, 1.82) is 0 Å². The van der Waals surface area contributed by atoms with E-state index in [1.165, 1.54) is 18.4 Å². The number of aryl methyl sites for hydroxylation is 1. The van der Waals surface area contributed by atoms with Gasteiger partial charge in [-0.2, -0.15) is 0 Å². The number of aromatic hydroxyl groups is 1. The molecule has 4 heteroatoms. The van der Waals surface area contributed by atoms with Gasteiger partial charge in [0.05, 0.1) is 7.11 Å². The Morgan fingerprint density at radius 1 is 1.27 bits per heavy atom. The van der Waals surface area contributed by atoms with Crippen molar-refractivity contribution < 1.29 is 9.84 Å². The van der Waals surface area contributed by atoms with E-state index in [9.17, 15) is 5.11 Å². The fraction of sp³-hybridized carbons (Fsp3) is 0.389. The molecule has 0 spiro atoms. The highest BCUT2D eigenvalue weighted by Gasteiger charge is 2.29. The van der Waals surface area contributed by atoms with E-state index in [2.05, 4.69) is 22.9 Å². The molecule has 2 aromatic rings. The Labute approximate surface area is 131 Å². The normalized spacial score (nSPS) is 14.3. The number of methoxy groups -OCH3 is 1. The first-order valence-electron chi connectivity index (χ1n) is 7.68. The number of nitrogens with zero attached hydrogens (tertiary/aromatic N) is 2. The fourth-order valence-electron chi connectivity index (χ4n) is 2.71. The summed E-state index contributed by atoms with van der Waals surface area (Å²) in [5, 5.41) is 9.72. The second-order valence-corrected chi connectivity index (χ2v) is 5.89. The number of benzene rings is 1. The van der Waals surface area contributed by atoms with Gasteiger partial charge in [0.1, 0.15) is 0 Å². The molecule has 0 amide bonds. The summed E-state index contributed by atoms with van der Waals surface area (Å²) in [4.78, 5) is 6.86. The molecule has 4 nitrogen and oxygen atoms in total. The van der Waals surface area contributed by atoms with Crippen molar-refractivity contribution in [2.75, 3.05) is 7.11 Å². The molecule has 1 aromatic carbocycles. The summed E-state index contributed by atoms with van der Waals surface area (Å²) >= 11 is 0. The Bertz CT molecular complexity index is 653. The van der Waals surface area contributed by atoms with Crippen LogP contribution in [0.1, 0.15) is 29.7 Å². The number of phenols is 1. The van der Waals surface area contributed by atoms with Crippen LogP contribution in [0.2, 0.25) is 0 Å². The Morgan fingerprint density at radius 3 is 2.77 bits per heavy atom. The summed E-state index contributed by atoms with van der Waals surface area (Å²) in [6, 6.07) is 10.4. The lowest BCUT2D eigenvalue weighted by Gasteiger charge is -2.23. The van der Waals surface area contributed by atoms with Crippen LogP contribution in [-0.4, -0.2) is 28.1 Å². The topological polar surface area (TPSA) is 45.6 Å². The molecule has 0 atom stereocenters. The van der Waals surface area contributed by atoms with E-state index >= 15 is 0 Å². The van der Waals surface area contributed by atoms with E-state index in [1.54, 1.807) is 13.2 Å². The van der Waals surface area contributed by atoms with Crippen molar-refractivity contribution in [3.05, 3.63) is 53.3 Å². The number of hydrogen-bond acceptors (Lipinski definition) is 4. The summed E-state index contributed by atoms with van der Waals surface area (Å²) in [6.07, 6.45) is 4.36. The second kappa shape index (κ2) is 6.36. The largest absolute Gasteiger partial charge is 0.504 e. The van der Waals surface area contributed by atoms with E-state index in [1.807, 2.05) is 24.4 Å². The maximum Gasteiger partial charge on any atom is 0.160 e. The Hall–Kier alpha value is -2.07. The highest BCUT2D eigenvalue weighted by Crippen LogP contribution is 2.32. The molecule has 0 bridgehead atoms. The van der Waals surface area contributed by atoms with Gasteiger partial charge in [0, 0.05) is 31.0 Å². The van der Waals surface area contributed by atoms with Crippen LogP contribution < -0.4 is 4.74 Å². The number of aromatic nitrogens is 1. The maximum atomic E-state index is 9.72. The second-order valence-electron chi connectivity index (χ2n) is 5.89. The first-order valence-corrected chi connectivity index (χ1v) is 7.68. The average Bonchev–Trinajstić information content (AvgIpc) is 3.35. The molecule has 0 radical (unpaired) electrons. The first-order chi connectivity index (χ1) is 10.7. The number of rotatable bonds is 6. The fourth-order valence-corrected chi connectivity index (χ4v) is 2.71. The van der Waals surface area contributed by atoms with Crippen LogP contribution in [0, 0.1) is 6.92 Å². The molecule has 0 unspecified atom stereocenters. The van der Waals surface area contributed by atoms with Gasteiger partial charge in [-0.1, -0.05) is 12.1 Å². The predicted molar refractivity (Wildman–Crippen MR) is 85.9 cm³/mol. The third-order valence-corrected chi connectivity index (χ3v) is 4.18. The molecule has 1 aromatic heterocycles. The van der Waals surface area contributed by atoms with Gasteiger partial charge in [0.25, 0.3) is 0 Å². The molecule has 0 saturated heterocycles. The van der Waals surface area contributed by atoms with Gasteiger partial charge in [-0.25, -0.2) is 0 Å². The summed E-state index contributed by atoms with van der Waals surface area (Å²) in [6.45, 7) is 3.83. The minimum atomic E-state index is 0.187. The van der Waals surface area contributed by atoms with Gasteiger partial charge in [-0.15, -0.1) is 0 Å². The van der Waals surface area contributed by atoms with Crippen molar-refractivity contribution in [1.82, 2.24) is 9.88 Å². The summed E-state index contributed by atoms with van der Waals surface area (Å²) in [5.41, 5.74) is 3.53. The third kappa shape index (κ3) is 3.39. The predicted octanol–water partition coefficient (Wildman–Crippen LogP) is 3.27. The summed E-state index contributed by atoms with van der Waals surface area (Å²) in [7, 11) is 1.58. The van der Waals surface area contributed by atoms with E-state index in [4.69, 9.17) is 4.74 Å². The van der Waals surface area contributed by atoms with Gasteiger partial charge in [0.2, 0.25) is 0 Å². The van der Waals surface area contributed by atoms with E-state index in [-0.39, 0.29) is 5.75 Å². The molecule has 116 valence electrons. The van der Waals surface area contributed by atoms with E-state index in [0.29, 0.717) is 11.8 Å². The van der Waals surface area contributed by atoms with Crippen molar-refractivity contribution >= 4 is 0 Å². The molecule has 0 aliphatic heterocycles. The Balaban J connectivity index is 1.76. The lowest BCUT2D eigenvalue weighted by Crippen LogP contribution is -2.25. The minimum Gasteiger partial charge on any atom is -0.504 e. The van der Waals surface area contributed by atoms with Crippen molar-refractivity contribution in [2.24, 2.45) is 0 Å². The van der Waals surface area contributed by atoms with Gasteiger partial charge in [-0.05, 0) is 49.1 Å². The smallest absolute Gasteiger partial charge is 0.160 e. The zero-order chi connectivity index (χ0) is 15.5. The van der Waals surface area contributed by atoms with Gasteiger partial charge in [-0.3, -0.25) is 9.88 Å². The molecular weight excluding hydrogens is 276 g/mol. The molecule has 1 N–H and O–H groups in total. The average molecular weight is 298 g/mol. The van der Waals surface area contributed by atoms with E-state index in [0.717, 1.165) is 24.3 Å². The van der Waals surface area contributed by atoms with Crippen LogP contribution in [0.4, 0.5) is 0 Å². The number of ether oxygens (including phenoxy) is 1. The molecular formula is C18H22N2O2. The standard InChI is InChI=1S/C18H22N2O2/c1-13-15(4-3-9-19-13)12-20(16-6-7-16)11-14-5-8-17(21)18(10-14)22-2/h3-5,8-10,16,21H,6-7,11-12H2,1-2H3. The lowest BCUT2D eigenvalue weighted by atomic mass is 10.1. The monoisotopic (exact) mass is 298 g/mol. The lowest BCUT2D eigenvalue weighted by molar-refractivity contribution is 0.244. The first kappa shape index (κ1) is 14.9. The summed E-state index contributed by atoms with van der Waals surface area (Å²) in [5.74, 6) is 0.720. The Kier molecular flexibility index (Phi) is 4.29. The maximum absolute atomic E-state index is 9.72. The third-order valence-electron chi connectivity index (χ3n) is 4.18. The van der Waals surface area contributed by atoms with Crippen LogP contribution in [0.25, 0.3) is 0 Å². The minimum absolute atomic E-state index is 0.187. The van der Waals surface area contributed by atoms with Gasteiger partial charge in [0.15, 0.2) is 11.5 Å². The summed E-state index contributed by atoms with van der Waals surface area (Å²) < 4.78 is 5.20. The van der Waals surface area contributed by atoms with Crippen LogP contribution in [0.15, 0.2) is 36.5 Å². The molecule has 3 rings (SSSR count). The number of pyridine rings is 1. The zero-order valence-corrected chi connectivity index (χ0v) is 13.1. The zero-order valence-electron chi connectivity index (χ0n) is 13.1. The van der Waals surface area contributed by atoms with Crippen molar-refractivity contribution in [3.8, 4) is 11.5 Å². The number of hydrogen-bond donors (Lipinski definition) is 1. The molecule has 1 fully saturated rings. The number of phenolic OH excluding ortho intramolecular Hbond substituents is 1. The molecule has 1 heterocycles. The van der Waals surface area contributed by atoms with Crippen molar-refractivity contribution in [3.63, 3.8) is 0 Å². The van der Waals surface area contributed by atoms with Crippen LogP contribution in [0.3, 0.4) is 0 Å². The van der Waals surface area contributed by atoms with Gasteiger partial charge < -0.3 is 9.84 Å². The molecule has 22 heavy (non-hydrogen) atoms. The highest BCUT2D eigenvalue weighted by molar-refractivity contribution is 5.41. The highest BCUT2D eigenvalue weighted by atomic mass is 16.5. The quantitative estimate of drug-likeness (QED) is 0.889. The van der Waals surface area contributed by atoms with Crippen LogP contribution in [-0.2, 0) is 13.1 Å². The van der Waals surface area contributed by atoms with Gasteiger partial charge >= 0.3 is 0 Å². The van der Waals surface area contributed by atoms with Crippen LogP contribution >= 0.6 is 0 Å². The molecule has 1 aliphatic carbocycles. The molecule has 1 aliphatic rings. The molecule has 1 saturated carbocycles.